The van der Waals surface area contributed by atoms with Crippen molar-refractivity contribution in [1.82, 2.24) is 0 Å². The Morgan fingerprint density at radius 1 is 1.50 bits per heavy atom. The molecule has 16 heavy (non-hydrogen) atoms. The summed E-state index contributed by atoms with van der Waals surface area (Å²) in [5, 5.41) is -0.0142. The zero-order valence-corrected chi connectivity index (χ0v) is 9.80. The number of nitrogens with two attached hydrogens (primary N) is 1. The summed E-state index contributed by atoms with van der Waals surface area (Å²) in [4.78, 5) is 11.0. The van der Waals surface area contributed by atoms with E-state index in [1.54, 1.807) is 12.1 Å². The molecule has 1 rings (SSSR count). The zero-order chi connectivity index (χ0) is 12.0. The fourth-order valence-electron chi connectivity index (χ4n) is 1.21. The predicted octanol–water partition coefficient (Wildman–Crippen LogP) is 1.73. The summed E-state index contributed by atoms with van der Waals surface area (Å²) < 4.78 is 17.3. The summed E-state index contributed by atoms with van der Waals surface area (Å²) in [6.07, 6.45) is 0. The Bertz CT molecular complexity index is 342. The van der Waals surface area contributed by atoms with Crippen molar-refractivity contribution in [3.05, 3.63) is 35.6 Å². The predicted molar refractivity (Wildman–Crippen MR) is 62.7 cm³/mol. The molecule has 0 saturated heterocycles. The number of halogens is 1. The summed E-state index contributed by atoms with van der Waals surface area (Å²) in [5.41, 5.74) is 6.52. The first-order valence-corrected chi connectivity index (χ1v) is 5.86. The molecule has 0 radical (unpaired) electrons. The molecule has 1 unspecified atom stereocenters. The Hall–Kier alpha value is -1.07. The van der Waals surface area contributed by atoms with E-state index in [1.165, 1.54) is 31.0 Å². The van der Waals surface area contributed by atoms with Gasteiger partial charge in [-0.2, -0.15) is 0 Å². The van der Waals surface area contributed by atoms with Crippen LogP contribution in [0.1, 0.15) is 10.8 Å². The molecule has 0 amide bonds. The van der Waals surface area contributed by atoms with Crippen LogP contribution in [0.5, 0.6) is 0 Å². The number of carbonyl (C=O) groups is 1. The summed E-state index contributed by atoms with van der Waals surface area (Å²) in [7, 11) is 1.35. The van der Waals surface area contributed by atoms with Crippen molar-refractivity contribution in [3.63, 3.8) is 0 Å². The van der Waals surface area contributed by atoms with Gasteiger partial charge >= 0.3 is 5.97 Å². The van der Waals surface area contributed by atoms with Crippen LogP contribution in [0.2, 0.25) is 0 Å². The first-order valence-electron chi connectivity index (χ1n) is 4.81. The molecule has 3 nitrogen and oxygen atoms in total. The van der Waals surface area contributed by atoms with Crippen molar-refractivity contribution in [3.8, 4) is 0 Å². The van der Waals surface area contributed by atoms with E-state index in [0.29, 0.717) is 6.54 Å². The van der Waals surface area contributed by atoms with E-state index >= 15 is 0 Å². The fraction of sp³-hybridized carbons (Fsp3) is 0.364. The summed E-state index contributed by atoms with van der Waals surface area (Å²) in [5.74, 6) is -0.321. The molecule has 0 bridgehead atoms. The van der Waals surface area contributed by atoms with Crippen LogP contribution in [0.15, 0.2) is 24.3 Å². The topological polar surface area (TPSA) is 52.3 Å². The molecule has 5 heteroatoms. The van der Waals surface area contributed by atoms with Gasteiger partial charge < -0.3 is 10.5 Å². The summed E-state index contributed by atoms with van der Waals surface area (Å²) >= 11 is 1.39. The maximum Gasteiger partial charge on any atom is 0.315 e. The molecule has 0 spiro atoms. The van der Waals surface area contributed by atoms with Crippen LogP contribution in [-0.2, 0) is 9.53 Å². The number of benzene rings is 1. The lowest BCUT2D eigenvalue weighted by molar-refractivity contribution is -0.137. The van der Waals surface area contributed by atoms with Crippen LogP contribution in [0.3, 0.4) is 0 Å². The zero-order valence-electron chi connectivity index (χ0n) is 8.98. The molecule has 0 aliphatic heterocycles. The number of hydrogen-bond acceptors (Lipinski definition) is 4. The number of carbonyl (C=O) groups excluding carboxylic acids is 1. The molecule has 1 aromatic carbocycles. The van der Waals surface area contributed by atoms with E-state index in [1.807, 2.05) is 0 Å². The van der Waals surface area contributed by atoms with Crippen molar-refractivity contribution in [1.29, 1.82) is 0 Å². The molecular formula is C11H14FNO2S. The first kappa shape index (κ1) is 13.0. The average Bonchev–Trinajstić information content (AvgIpc) is 2.31. The molecule has 2 N–H and O–H groups in total. The van der Waals surface area contributed by atoms with Crippen LogP contribution in [-0.4, -0.2) is 25.4 Å². The highest BCUT2D eigenvalue weighted by atomic mass is 32.2. The van der Waals surface area contributed by atoms with E-state index in [4.69, 9.17) is 5.73 Å². The fourth-order valence-corrected chi connectivity index (χ4v) is 2.15. The lowest BCUT2D eigenvalue weighted by Gasteiger charge is -2.13. The number of esters is 1. The Morgan fingerprint density at radius 2 is 2.12 bits per heavy atom. The molecule has 88 valence electrons. The maximum absolute atomic E-state index is 12.7. The Labute approximate surface area is 98.2 Å². The molecule has 0 saturated carbocycles. The van der Waals surface area contributed by atoms with Crippen LogP contribution >= 0.6 is 11.8 Å². The van der Waals surface area contributed by atoms with Crippen LogP contribution in [0.25, 0.3) is 0 Å². The molecule has 0 heterocycles. The van der Waals surface area contributed by atoms with E-state index < -0.39 is 0 Å². The standard InChI is InChI=1S/C11H14FNO2S/c1-15-11(14)7-16-10(6-13)8-2-4-9(12)5-3-8/h2-5,10H,6-7,13H2,1H3. The SMILES string of the molecule is COC(=O)CSC(CN)c1ccc(F)cc1. The molecule has 1 atom stereocenters. The molecule has 0 aliphatic rings. The largest absolute Gasteiger partial charge is 0.468 e. The number of hydrogen-bond donors (Lipinski definition) is 1. The molecule has 0 fully saturated rings. The monoisotopic (exact) mass is 243 g/mol. The van der Waals surface area contributed by atoms with Gasteiger partial charge in [-0.25, -0.2) is 4.39 Å². The number of ether oxygens (including phenoxy) is 1. The van der Waals surface area contributed by atoms with Crippen molar-refractivity contribution >= 4 is 17.7 Å². The minimum absolute atomic E-state index is 0.0142. The maximum atomic E-state index is 12.7. The number of thioether (sulfide) groups is 1. The second-order valence-electron chi connectivity index (χ2n) is 3.16. The molecular weight excluding hydrogens is 229 g/mol. The number of methoxy groups -OCH3 is 1. The Balaban J connectivity index is 2.60. The normalized spacial score (nSPS) is 12.2. The van der Waals surface area contributed by atoms with E-state index in [2.05, 4.69) is 4.74 Å². The highest BCUT2D eigenvalue weighted by molar-refractivity contribution is 8.00. The van der Waals surface area contributed by atoms with Gasteiger partial charge in [0, 0.05) is 11.8 Å². The molecule has 1 aromatic rings. The number of rotatable bonds is 5. The van der Waals surface area contributed by atoms with Crippen molar-refractivity contribution in [2.45, 2.75) is 5.25 Å². The Kier molecular flexibility index (Phi) is 5.28. The van der Waals surface area contributed by atoms with Crippen molar-refractivity contribution in [2.75, 3.05) is 19.4 Å². The lowest BCUT2D eigenvalue weighted by atomic mass is 10.1. The average molecular weight is 243 g/mol. The van der Waals surface area contributed by atoms with Gasteiger partial charge in [0.25, 0.3) is 0 Å². The highest BCUT2D eigenvalue weighted by Crippen LogP contribution is 2.27. The quantitative estimate of drug-likeness (QED) is 0.800. The summed E-state index contributed by atoms with van der Waals surface area (Å²) in [6, 6.07) is 6.13. The van der Waals surface area contributed by atoms with Crippen LogP contribution in [0, 0.1) is 5.82 Å². The third kappa shape index (κ3) is 3.83. The van der Waals surface area contributed by atoms with Gasteiger partial charge in [-0.1, -0.05) is 12.1 Å². The van der Waals surface area contributed by atoms with Gasteiger partial charge in [0.2, 0.25) is 0 Å². The van der Waals surface area contributed by atoms with Gasteiger partial charge in [0.15, 0.2) is 0 Å². The Morgan fingerprint density at radius 3 is 2.62 bits per heavy atom. The minimum atomic E-state index is -0.287. The van der Waals surface area contributed by atoms with Gasteiger partial charge in [0.05, 0.1) is 12.9 Å². The summed E-state index contributed by atoms with van der Waals surface area (Å²) in [6.45, 7) is 0.396. The van der Waals surface area contributed by atoms with E-state index in [9.17, 15) is 9.18 Å². The third-order valence-electron chi connectivity index (χ3n) is 2.09. The minimum Gasteiger partial charge on any atom is -0.468 e. The molecule has 0 aromatic heterocycles. The van der Waals surface area contributed by atoms with Gasteiger partial charge in [-0.05, 0) is 17.7 Å². The van der Waals surface area contributed by atoms with Crippen LogP contribution in [0.4, 0.5) is 4.39 Å². The van der Waals surface area contributed by atoms with Crippen molar-refractivity contribution < 1.29 is 13.9 Å². The van der Waals surface area contributed by atoms with E-state index in [-0.39, 0.29) is 22.8 Å². The van der Waals surface area contributed by atoms with Gasteiger partial charge in [-0.3, -0.25) is 4.79 Å². The smallest absolute Gasteiger partial charge is 0.315 e. The first-order chi connectivity index (χ1) is 7.67. The van der Waals surface area contributed by atoms with E-state index in [0.717, 1.165) is 5.56 Å². The molecule has 0 aliphatic carbocycles. The third-order valence-corrected chi connectivity index (χ3v) is 3.36. The van der Waals surface area contributed by atoms with Crippen molar-refractivity contribution in [2.24, 2.45) is 5.73 Å². The second kappa shape index (κ2) is 6.50. The lowest BCUT2D eigenvalue weighted by Crippen LogP contribution is -2.13. The van der Waals surface area contributed by atoms with Gasteiger partial charge in [0.1, 0.15) is 5.82 Å². The second-order valence-corrected chi connectivity index (χ2v) is 4.35. The van der Waals surface area contributed by atoms with Gasteiger partial charge in [-0.15, -0.1) is 11.8 Å². The van der Waals surface area contributed by atoms with Crippen LogP contribution < -0.4 is 5.73 Å². The highest BCUT2D eigenvalue weighted by Gasteiger charge is 2.12.